The molecule has 0 fully saturated rings. The Morgan fingerprint density at radius 2 is 2.11 bits per heavy atom. The van der Waals surface area contributed by atoms with Gasteiger partial charge in [0.05, 0.1) is 12.7 Å². The normalized spacial score (nSPS) is 13.4. The zero-order valence-electron chi connectivity index (χ0n) is 11.2. The zero-order chi connectivity index (χ0) is 14.5. The number of esters is 1. The van der Waals surface area contributed by atoms with Gasteiger partial charge in [-0.25, -0.2) is 9.59 Å². The van der Waals surface area contributed by atoms with Crippen molar-refractivity contribution in [2.75, 3.05) is 7.11 Å². The van der Waals surface area contributed by atoms with Crippen LogP contribution in [0.1, 0.15) is 37.0 Å². The molecule has 1 amide bonds. The molecule has 0 aliphatic carbocycles. The lowest BCUT2D eigenvalue weighted by Gasteiger charge is -2.27. The van der Waals surface area contributed by atoms with Crippen molar-refractivity contribution in [3.63, 3.8) is 0 Å². The Morgan fingerprint density at radius 1 is 1.42 bits per heavy atom. The van der Waals surface area contributed by atoms with Crippen molar-refractivity contribution in [2.24, 2.45) is 0 Å². The molecule has 1 aromatic heterocycles. The highest BCUT2D eigenvalue weighted by Crippen LogP contribution is 2.15. The van der Waals surface area contributed by atoms with E-state index < -0.39 is 23.0 Å². The molecular formula is C13H17NO5. The van der Waals surface area contributed by atoms with Crippen LogP contribution in [-0.2, 0) is 9.53 Å². The number of amides is 1. The van der Waals surface area contributed by atoms with Gasteiger partial charge in [-0.3, -0.25) is 4.79 Å². The average molecular weight is 267 g/mol. The molecule has 1 N–H and O–H groups in total. The van der Waals surface area contributed by atoms with E-state index in [4.69, 9.17) is 4.74 Å². The summed E-state index contributed by atoms with van der Waals surface area (Å²) in [4.78, 5) is 34.5. The van der Waals surface area contributed by atoms with E-state index in [1.165, 1.54) is 13.2 Å². The van der Waals surface area contributed by atoms with Crippen LogP contribution in [-0.4, -0.2) is 24.5 Å². The van der Waals surface area contributed by atoms with Crippen molar-refractivity contribution in [1.82, 2.24) is 5.32 Å². The molecule has 0 saturated carbocycles. The molecular weight excluding hydrogens is 250 g/mol. The highest BCUT2D eigenvalue weighted by atomic mass is 16.5. The third-order valence-electron chi connectivity index (χ3n) is 2.74. The number of carbonyl (C=O) groups excluding carboxylic acids is 2. The Morgan fingerprint density at radius 3 is 2.58 bits per heavy atom. The summed E-state index contributed by atoms with van der Waals surface area (Å²) in [6, 6.07) is 2.48. The van der Waals surface area contributed by atoms with Gasteiger partial charge in [0.15, 0.2) is 0 Å². The van der Waals surface area contributed by atoms with Crippen LogP contribution in [0.25, 0.3) is 0 Å². The maximum Gasteiger partial charge on any atom is 0.335 e. The molecule has 1 atom stereocenters. The van der Waals surface area contributed by atoms with Crippen molar-refractivity contribution in [2.45, 2.75) is 32.2 Å². The molecule has 104 valence electrons. The molecule has 0 aliphatic heterocycles. The Hall–Kier alpha value is -2.11. The fourth-order valence-electron chi connectivity index (χ4n) is 1.75. The Bertz CT molecular complexity index is 502. The van der Waals surface area contributed by atoms with E-state index in [-0.39, 0.29) is 5.56 Å². The van der Waals surface area contributed by atoms with E-state index in [1.807, 2.05) is 6.92 Å². The van der Waals surface area contributed by atoms with Crippen molar-refractivity contribution < 1.29 is 18.7 Å². The molecule has 1 heterocycles. The number of carbonyl (C=O) groups is 2. The zero-order valence-corrected chi connectivity index (χ0v) is 11.2. The summed E-state index contributed by atoms with van der Waals surface area (Å²) in [7, 11) is 1.27. The second-order valence-electron chi connectivity index (χ2n) is 4.37. The molecule has 19 heavy (non-hydrogen) atoms. The minimum atomic E-state index is -1.10. The molecule has 0 aromatic carbocycles. The van der Waals surface area contributed by atoms with E-state index in [9.17, 15) is 14.4 Å². The maximum absolute atomic E-state index is 12.0. The third-order valence-corrected chi connectivity index (χ3v) is 2.74. The van der Waals surface area contributed by atoms with Crippen LogP contribution in [0.4, 0.5) is 0 Å². The first-order valence-corrected chi connectivity index (χ1v) is 5.92. The van der Waals surface area contributed by atoms with Crippen LogP contribution in [0.15, 0.2) is 27.6 Å². The summed E-state index contributed by atoms with van der Waals surface area (Å²) in [5.41, 5.74) is -1.47. The number of methoxy groups -OCH3 is 1. The Labute approximate surface area is 110 Å². The van der Waals surface area contributed by atoms with Gasteiger partial charge >= 0.3 is 11.6 Å². The van der Waals surface area contributed by atoms with E-state index in [0.29, 0.717) is 12.8 Å². The lowest BCUT2D eigenvalue weighted by molar-refractivity contribution is -0.147. The van der Waals surface area contributed by atoms with Crippen molar-refractivity contribution in [1.29, 1.82) is 0 Å². The lowest BCUT2D eigenvalue weighted by atomic mass is 9.96. The van der Waals surface area contributed by atoms with E-state index in [0.717, 1.165) is 12.3 Å². The van der Waals surface area contributed by atoms with Gasteiger partial charge in [0.1, 0.15) is 11.8 Å². The Kier molecular flexibility index (Phi) is 4.86. The number of hydrogen-bond acceptors (Lipinski definition) is 5. The summed E-state index contributed by atoms with van der Waals surface area (Å²) in [5, 5.41) is 2.61. The van der Waals surface area contributed by atoms with Gasteiger partial charge in [-0.2, -0.15) is 0 Å². The van der Waals surface area contributed by atoms with E-state index in [2.05, 4.69) is 9.73 Å². The molecule has 0 aliphatic rings. The number of rotatable bonds is 5. The molecule has 1 rings (SSSR count). The van der Waals surface area contributed by atoms with Gasteiger partial charge in [0.25, 0.3) is 5.91 Å². The van der Waals surface area contributed by atoms with Crippen LogP contribution in [0.5, 0.6) is 0 Å². The quantitative estimate of drug-likeness (QED) is 0.807. The first-order valence-electron chi connectivity index (χ1n) is 5.92. The topological polar surface area (TPSA) is 85.6 Å². The number of ether oxygens (including phenoxy) is 1. The molecule has 0 spiro atoms. The molecule has 1 unspecified atom stereocenters. The maximum atomic E-state index is 12.0. The third kappa shape index (κ3) is 3.67. The second-order valence-corrected chi connectivity index (χ2v) is 4.37. The van der Waals surface area contributed by atoms with Crippen molar-refractivity contribution in [3.05, 3.63) is 34.4 Å². The molecule has 6 nitrogen and oxygen atoms in total. The van der Waals surface area contributed by atoms with Crippen LogP contribution >= 0.6 is 0 Å². The first-order chi connectivity index (χ1) is 8.92. The lowest BCUT2D eigenvalue weighted by Crippen LogP contribution is -2.52. The predicted molar refractivity (Wildman–Crippen MR) is 67.8 cm³/mol. The minimum Gasteiger partial charge on any atom is -0.467 e. The summed E-state index contributed by atoms with van der Waals surface area (Å²) >= 11 is 0. The predicted octanol–water partition coefficient (Wildman–Crippen LogP) is 1.10. The summed E-state index contributed by atoms with van der Waals surface area (Å²) < 4.78 is 9.30. The molecule has 1 aromatic rings. The summed E-state index contributed by atoms with van der Waals surface area (Å²) in [5.74, 6) is -1.01. The average Bonchev–Trinajstić information content (AvgIpc) is 2.38. The van der Waals surface area contributed by atoms with Gasteiger partial charge in [0.2, 0.25) is 0 Å². The highest BCUT2D eigenvalue weighted by Gasteiger charge is 2.35. The monoisotopic (exact) mass is 267 g/mol. The molecule has 0 radical (unpaired) electrons. The summed E-state index contributed by atoms with van der Waals surface area (Å²) in [6.45, 7) is 3.49. The van der Waals surface area contributed by atoms with E-state index >= 15 is 0 Å². The molecule has 6 heteroatoms. The molecule has 0 bridgehead atoms. The fraction of sp³-hybridized carbons (Fsp3) is 0.462. The van der Waals surface area contributed by atoms with Gasteiger partial charge < -0.3 is 14.5 Å². The fourth-order valence-corrected chi connectivity index (χ4v) is 1.75. The van der Waals surface area contributed by atoms with Crippen LogP contribution in [0.3, 0.4) is 0 Å². The SMILES string of the molecule is CCCC(C)(NC(=O)c1ccc(=O)oc1)C(=O)OC. The summed E-state index contributed by atoms with van der Waals surface area (Å²) in [6.07, 6.45) is 2.21. The van der Waals surface area contributed by atoms with Gasteiger partial charge in [0, 0.05) is 6.07 Å². The van der Waals surface area contributed by atoms with Crippen LogP contribution < -0.4 is 10.9 Å². The van der Waals surface area contributed by atoms with Crippen LogP contribution in [0, 0.1) is 0 Å². The number of nitrogens with one attached hydrogen (secondary N) is 1. The smallest absolute Gasteiger partial charge is 0.335 e. The number of hydrogen-bond donors (Lipinski definition) is 1. The van der Waals surface area contributed by atoms with Crippen LogP contribution in [0.2, 0.25) is 0 Å². The standard InChI is InChI=1S/C13H17NO5/c1-4-7-13(2,12(17)18-3)14-11(16)9-5-6-10(15)19-8-9/h5-6,8H,4,7H2,1-3H3,(H,14,16). The van der Waals surface area contributed by atoms with Crippen molar-refractivity contribution >= 4 is 11.9 Å². The van der Waals surface area contributed by atoms with E-state index in [1.54, 1.807) is 6.92 Å². The van der Waals surface area contributed by atoms with Gasteiger partial charge in [-0.05, 0) is 19.4 Å². The first kappa shape index (κ1) is 14.9. The second kappa shape index (κ2) is 6.17. The highest BCUT2D eigenvalue weighted by molar-refractivity contribution is 5.97. The largest absolute Gasteiger partial charge is 0.467 e. The Balaban J connectivity index is 2.90. The van der Waals surface area contributed by atoms with Gasteiger partial charge in [-0.15, -0.1) is 0 Å². The van der Waals surface area contributed by atoms with Gasteiger partial charge in [-0.1, -0.05) is 13.3 Å². The van der Waals surface area contributed by atoms with Crippen molar-refractivity contribution in [3.8, 4) is 0 Å². The molecule has 0 saturated heterocycles. The minimum absolute atomic E-state index is 0.172.